The van der Waals surface area contributed by atoms with Gasteiger partial charge in [0.25, 0.3) is 5.91 Å². The molecule has 1 aromatic heterocycles. The number of carbonyl (C=O) groups is 3. The largest absolute Gasteiger partial charge is 0.480 e. The number of carbonyl (C=O) groups excluding carboxylic acids is 2. The van der Waals surface area contributed by atoms with E-state index in [4.69, 9.17) is 22.4 Å². The van der Waals surface area contributed by atoms with Gasteiger partial charge in [-0.3, -0.25) is 9.59 Å². The van der Waals surface area contributed by atoms with Crippen molar-refractivity contribution in [2.24, 2.45) is 5.73 Å². The number of carboxylic acids is 1. The van der Waals surface area contributed by atoms with Gasteiger partial charge in [0.15, 0.2) is 0 Å². The zero-order chi connectivity index (χ0) is 13.0. The molecule has 0 saturated carbocycles. The number of hydrogen-bond donors (Lipinski definition) is 3. The van der Waals surface area contributed by atoms with E-state index in [0.717, 1.165) is 11.3 Å². The number of hydrogen-bond acceptors (Lipinski definition) is 4. The van der Waals surface area contributed by atoms with Crippen LogP contribution in [0, 0.1) is 0 Å². The van der Waals surface area contributed by atoms with Crippen molar-refractivity contribution in [2.45, 2.75) is 12.5 Å². The Balaban J connectivity index is 2.74. The van der Waals surface area contributed by atoms with Gasteiger partial charge in [-0.25, -0.2) is 4.79 Å². The lowest BCUT2D eigenvalue weighted by Crippen LogP contribution is -2.43. The number of carboxylic acid groups (broad SMARTS) is 1. The number of amides is 2. The standard InChI is InChI=1S/C9H9ClN2O4S/c10-4-1-2-17-7(4)8(14)12-5(9(15)16)3-6(11)13/h1-2,5H,3H2,(H2,11,13)(H,12,14)(H,15,16)/t5-/m1/s1. The highest BCUT2D eigenvalue weighted by atomic mass is 35.5. The maximum absolute atomic E-state index is 11.6. The molecule has 0 unspecified atom stereocenters. The summed E-state index contributed by atoms with van der Waals surface area (Å²) in [5.74, 6) is -2.78. The number of nitrogens with two attached hydrogens (primary N) is 1. The van der Waals surface area contributed by atoms with Crippen molar-refractivity contribution < 1.29 is 19.5 Å². The molecule has 0 aliphatic carbocycles. The first-order valence-electron chi connectivity index (χ1n) is 4.46. The highest BCUT2D eigenvalue weighted by Gasteiger charge is 2.24. The summed E-state index contributed by atoms with van der Waals surface area (Å²) in [6.07, 6.45) is -0.468. The first-order valence-corrected chi connectivity index (χ1v) is 5.72. The van der Waals surface area contributed by atoms with E-state index in [1.54, 1.807) is 5.38 Å². The number of rotatable bonds is 5. The van der Waals surface area contributed by atoms with Crippen LogP contribution < -0.4 is 11.1 Å². The molecule has 0 saturated heterocycles. The second kappa shape index (κ2) is 5.65. The maximum Gasteiger partial charge on any atom is 0.326 e. The molecule has 0 aliphatic rings. The molecule has 6 nitrogen and oxygen atoms in total. The first kappa shape index (κ1) is 13.5. The number of thiophene rings is 1. The van der Waals surface area contributed by atoms with E-state index in [1.165, 1.54) is 6.07 Å². The maximum atomic E-state index is 11.6. The van der Waals surface area contributed by atoms with Crippen molar-refractivity contribution in [2.75, 3.05) is 0 Å². The van der Waals surface area contributed by atoms with Crippen LogP contribution in [0.25, 0.3) is 0 Å². The summed E-state index contributed by atoms with van der Waals surface area (Å²) < 4.78 is 0. The van der Waals surface area contributed by atoms with E-state index >= 15 is 0 Å². The van der Waals surface area contributed by atoms with Gasteiger partial charge in [0.05, 0.1) is 11.4 Å². The monoisotopic (exact) mass is 276 g/mol. The van der Waals surface area contributed by atoms with Gasteiger partial charge in [-0.1, -0.05) is 11.6 Å². The Bertz CT molecular complexity index is 460. The van der Waals surface area contributed by atoms with Gasteiger partial charge < -0.3 is 16.2 Å². The van der Waals surface area contributed by atoms with Crippen molar-refractivity contribution in [3.8, 4) is 0 Å². The molecular weight excluding hydrogens is 268 g/mol. The third-order valence-corrected chi connectivity index (χ3v) is 3.17. The van der Waals surface area contributed by atoms with Gasteiger partial charge >= 0.3 is 5.97 Å². The lowest BCUT2D eigenvalue weighted by Gasteiger charge is -2.11. The smallest absolute Gasteiger partial charge is 0.326 e. The van der Waals surface area contributed by atoms with E-state index < -0.39 is 30.2 Å². The molecule has 0 bridgehead atoms. The summed E-state index contributed by atoms with van der Waals surface area (Å²) in [4.78, 5) is 33.2. The second-order valence-electron chi connectivity index (χ2n) is 3.13. The minimum atomic E-state index is -1.35. The van der Waals surface area contributed by atoms with Crippen molar-refractivity contribution in [3.05, 3.63) is 21.3 Å². The quantitative estimate of drug-likeness (QED) is 0.726. The Morgan fingerprint density at radius 1 is 1.53 bits per heavy atom. The molecular formula is C9H9ClN2O4S. The average Bonchev–Trinajstić information content (AvgIpc) is 2.62. The molecule has 8 heteroatoms. The molecule has 0 radical (unpaired) electrons. The van der Waals surface area contributed by atoms with Gasteiger partial charge in [-0.15, -0.1) is 11.3 Å². The molecule has 1 atom stereocenters. The Hall–Kier alpha value is -1.60. The fraction of sp³-hybridized carbons (Fsp3) is 0.222. The fourth-order valence-corrected chi connectivity index (χ4v) is 2.12. The molecule has 92 valence electrons. The van der Waals surface area contributed by atoms with E-state index in [9.17, 15) is 14.4 Å². The van der Waals surface area contributed by atoms with E-state index in [0.29, 0.717) is 0 Å². The van der Waals surface area contributed by atoms with Crippen LogP contribution in [0.4, 0.5) is 0 Å². The summed E-state index contributed by atoms with van der Waals surface area (Å²) in [6, 6.07) is 0.170. The van der Waals surface area contributed by atoms with Crippen LogP contribution in [0.5, 0.6) is 0 Å². The van der Waals surface area contributed by atoms with Crippen LogP contribution in [0.15, 0.2) is 11.4 Å². The van der Waals surface area contributed by atoms with Gasteiger partial charge in [0.2, 0.25) is 5.91 Å². The predicted molar refractivity (Wildman–Crippen MR) is 62.0 cm³/mol. The van der Waals surface area contributed by atoms with Gasteiger partial charge in [0, 0.05) is 0 Å². The lowest BCUT2D eigenvalue weighted by molar-refractivity contribution is -0.140. The molecule has 1 aromatic rings. The second-order valence-corrected chi connectivity index (χ2v) is 4.46. The summed E-state index contributed by atoms with van der Waals surface area (Å²) in [5.41, 5.74) is 4.88. The molecule has 0 spiro atoms. The Morgan fingerprint density at radius 3 is 2.59 bits per heavy atom. The molecule has 1 rings (SSSR count). The van der Waals surface area contributed by atoms with Crippen LogP contribution in [0.1, 0.15) is 16.1 Å². The molecule has 0 aliphatic heterocycles. The van der Waals surface area contributed by atoms with Crippen LogP contribution in [0.3, 0.4) is 0 Å². The van der Waals surface area contributed by atoms with Gasteiger partial charge in [0.1, 0.15) is 10.9 Å². The average molecular weight is 277 g/mol. The van der Waals surface area contributed by atoms with Crippen molar-refractivity contribution >= 4 is 40.7 Å². The lowest BCUT2D eigenvalue weighted by atomic mass is 10.2. The normalized spacial score (nSPS) is 11.8. The number of halogens is 1. The summed E-state index contributed by atoms with van der Waals surface area (Å²) >= 11 is 6.79. The Labute approximate surface area is 105 Å². The molecule has 17 heavy (non-hydrogen) atoms. The number of primary amides is 1. The van der Waals surface area contributed by atoms with Gasteiger partial charge in [-0.05, 0) is 11.4 Å². The number of nitrogens with one attached hydrogen (secondary N) is 1. The first-order chi connectivity index (χ1) is 7.91. The topological polar surface area (TPSA) is 109 Å². The summed E-state index contributed by atoms with van der Waals surface area (Å²) in [7, 11) is 0. The highest BCUT2D eigenvalue weighted by Crippen LogP contribution is 2.21. The zero-order valence-electron chi connectivity index (χ0n) is 8.47. The molecule has 4 N–H and O–H groups in total. The zero-order valence-corrected chi connectivity index (χ0v) is 10.0. The SMILES string of the molecule is NC(=O)C[C@@H](NC(=O)c1sccc1Cl)C(=O)O. The van der Waals surface area contributed by atoms with E-state index in [1.807, 2.05) is 0 Å². The van der Waals surface area contributed by atoms with Crippen LogP contribution in [-0.4, -0.2) is 28.9 Å². The number of aliphatic carboxylic acids is 1. The summed E-state index contributed by atoms with van der Waals surface area (Å²) in [5, 5.41) is 12.8. The molecule has 0 fully saturated rings. The van der Waals surface area contributed by atoms with E-state index in [2.05, 4.69) is 5.32 Å². The van der Waals surface area contributed by atoms with Crippen LogP contribution in [-0.2, 0) is 9.59 Å². The van der Waals surface area contributed by atoms with Crippen molar-refractivity contribution in [1.82, 2.24) is 5.32 Å². The predicted octanol–water partition coefficient (Wildman–Crippen LogP) is 0.460. The van der Waals surface area contributed by atoms with Crippen molar-refractivity contribution in [1.29, 1.82) is 0 Å². The molecule has 2 amide bonds. The molecule has 0 aromatic carbocycles. The van der Waals surface area contributed by atoms with Crippen LogP contribution >= 0.6 is 22.9 Å². The Morgan fingerprint density at radius 2 is 2.18 bits per heavy atom. The van der Waals surface area contributed by atoms with E-state index in [-0.39, 0.29) is 9.90 Å². The minimum Gasteiger partial charge on any atom is -0.480 e. The fourth-order valence-electron chi connectivity index (χ4n) is 1.08. The van der Waals surface area contributed by atoms with Gasteiger partial charge in [-0.2, -0.15) is 0 Å². The Kier molecular flexibility index (Phi) is 4.47. The third-order valence-electron chi connectivity index (χ3n) is 1.83. The molecule has 1 heterocycles. The minimum absolute atomic E-state index is 0.197. The third kappa shape index (κ3) is 3.72. The highest BCUT2D eigenvalue weighted by molar-refractivity contribution is 7.12. The van der Waals surface area contributed by atoms with Crippen LogP contribution in [0.2, 0.25) is 5.02 Å². The van der Waals surface area contributed by atoms with Crippen molar-refractivity contribution in [3.63, 3.8) is 0 Å². The summed E-state index contributed by atoms with van der Waals surface area (Å²) in [6.45, 7) is 0.